The van der Waals surface area contributed by atoms with Crippen molar-refractivity contribution >= 4 is 43.2 Å². The quantitative estimate of drug-likeness (QED) is 0.351. The van der Waals surface area contributed by atoms with Gasteiger partial charge in [-0.3, -0.25) is 14.9 Å². The van der Waals surface area contributed by atoms with Crippen LogP contribution in [-0.2, 0) is 26.1 Å². The van der Waals surface area contributed by atoms with E-state index in [-0.39, 0.29) is 21.9 Å². The summed E-state index contributed by atoms with van der Waals surface area (Å²) in [5.41, 5.74) is 0.195. The Hall–Kier alpha value is -3.12. The van der Waals surface area contributed by atoms with Gasteiger partial charge in [-0.2, -0.15) is 8.42 Å². The number of ether oxygens (including phenoxy) is 1. The minimum atomic E-state index is -4.21. The molecular formula is C16H12FN3O6S2. The summed E-state index contributed by atoms with van der Waals surface area (Å²) in [6.07, 6.45) is 0. The Morgan fingerprint density at radius 3 is 2.57 bits per heavy atom. The molecule has 0 bridgehead atoms. The van der Waals surface area contributed by atoms with Crippen molar-refractivity contribution in [3.05, 3.63) is 63.2 Å². The Bertz CT molecular complexity index is 1250. The van der Waals surface area contributed by atoms with Crippen LogP contribution in [0.3, 0.4) is 0 Å². The fraction of sp³-hybridized carbons (Fsp3) is 0.125. The van der Waals surface area contributed by atoms with Gasteiger partial charge in [0, 0.05) is 12.1 Å². The van der Waals surface area contributed by atoms with Crippen LogP contribution >= 0.6 is 11.3 Å². The normalized spacial score (nSPS) is 12.3. The van der Waals surface area contributed by atoms with Crippen LogP contribution in [0.15, 0.2) is 51.8 Å². The van der Waals surface area contributed by atoms with Crippen LogP contribution in [0.4, 0.5) is 10.1 Å². The lowest BCUT2D eigenvalue weighted by Crippen LogP contribution is -2.22. The average Bonchev–Trinajstić information content (AvgIpc) is 2.97. The molecule has 1 heterocycles. The van der Waals surface area contributed by atoms with Gasteiger partial charge in [-0.15, -0.1) is 4.40 Å². The summed E-state index contributed by atoms with van der Waals surface area (Å²) in [4.78, 5) is 21.8. The van der Waals surface area contributed by atoms with E-state index >= 15 is 0 Å². The maximum Gasteiger partial charge on any atom is 0.325 e. The molecule has 0 amide bonds. The van der Waals surface area contributed by atoms with Crippen molar-refractivity contribution in [1.29, 1.82) is 0 Å². The number of sulfonamides is 1. The number of fused-ring (bicyclic) bond motifs is 1. The van der Waals surface area contributed by atoms with Crippen molar-refractivity contribution < 1.29 is 27.3 Å². The Kier molecular flexibility index (Phi) is 5.25. The Balaban J connectivity index is 2.24. The zero-order chi connectivity index (χ0) is 20.5. The summed E-state index contributed by atoms with van der Waals surface area (Å²) in [6, 6.07) is 8.00. The molecular weight excluding hydrogens is 413 g/mol. The number of nitro groups is 1. The van der Waals surface area contributed by atoms with Gasteiger partial charge in [-0.05, 0) is 30.3 Å². The second-order valence-electron chi connectivity index (χ2n) is 5.48. The van der Waals surface area contributed by atoms with Crippen LogP contribution in [0.1, 0.15) is 0 Å². The molecule has 0 saturated heterocycles. The van der Waals surface area contributed by atoms with E-state index in [2.05, 4.69) is 9.13 Å². The van der Waals surface area contributed by atoms with Gasteiger partial charge >= 0.3 is 5.97 Å². The first-order valence-electron chi connectivity index (χ1n) is 7.62. The molecule has 0 aliphatic rings. The third kappa shape index (κ3) is 3.92. The van der Waals surface area contributed by atoms with E-state index in [0.717, 1.165) is 35.6 Å². The molecule has 0 N–H and O–H groups in total. The van der Waals surface area contributed by atoms with Crippen LogP contribution in [0.25, 0.3) is 10.2 Å². The topological polar surface area (TPSA) is 121 Å². The third-order valence-corrected chi connectivity index (χ3v) is 6.14. The van der Waals surface area contributed by atoms with Crippen LogP contribution < -0.4 is 4.80 Å². The lowest BCUT2D eigenvalue weighted by atomic mass is 10.3. The van der Waals surface area contributed by atoms with Crippen LogP contribution in [0.5, 0.6) is 0 Å². The number of nitrogens with zero attached hydrogens (tertiary/aromatic N) is 3. The van der Waals surface area contributed by atoms with E-state index < -0.39 is 26.7 Å². The molecule has 0 fully saturated rings. The van der Waals surface area contributed by atoms with Gasteiger partial charge in [0.1, 0.15) is 12.4 Å². The molecule has 3 rings (SSSR count). The first kappa shape index (κ1) is 19.6. The number of esters is 1. The van der Waals surface area contributed by atoms with Crippen molar-refractivity contribution in [2.75, 3.05) is 7.11 Å². The fourth-order valence-electron chi connectivity index (χ4n) is 2.35. The monoisotopic (exact) mass is 425 g/mol. The molecule has 0 atom stereocenters. The van der Waals surface area contributed by atoms with E-state index in [1.807, 2.05) is 0 Å². The molecule has 146 valence electrons. The molecule has 0 spiro atoms. The molecule has 28 heavy (non-hydrogen) atoms. The minimum absolute atomic E-state index is 0.0785. The summed E-state index contributed by atoms with van der Waals surface area (Å²) in [7, 11) is -3.03. The first-order valence-corrected chi connectivity index (χ1v) is 9.88. The minimum Gasteiger partial charge on any atom is -0.468 e. The number of benzene rings is 2. The molecule has 0 unspecified atom stereocenters. The highest BCUT2D eigenvalue weighted by Gasteiger charge is 2.18. The van der Waals surface area contributed by atoms with E-state index in [1.54, 1.807) is 0 Å². The summed E-state index contributed by atoms with van der Waals surface area (Å²) in [6.45, 7) is -0.341. The van der Waals surface area contributed by atoms with E-state index in [0.29, 0.717) is 10.2 Å². The fourth-order valence-corrected chi connectivity index (χ4v) is 4.62. The Labute approximate surface area is 161 Å². The maximum absolute atomic E-state index is 13.1. The first-order chi connectivity index (χ1) is 13.2. The molecule has 0 aliphatic heterocycles. The number of carbonyl (C=O) groups excluding carboxylic acids is 1. The highest BCUT2D eigenvalue weighted by atomic mass is 32.2. The standard InChI is InChI=1S/C16H12FN3O6S2/c1-26-15(21)9-19-13-7-4-11(20(22)23)8-14(13)27-16(19)18-28(24,25)12-5-2-10(17)3-6-12/h2-8H,9H2,1H3/b18-16-. The average molecular weight is 425 g/mol. The summed E-state index contributed by atoms with van der Waals surface area (Å²) < 4.78 is 48.2. The molecule has 1 aromatic heterocycles. The van der Waals surface area contributed by atoms with Crippen LogP contribution in [0.2, 0.25) is 0 Å². The number of hydrogen-bond acceptors (Lipinski definition) is 7. The number of nitro benzene ring substituents is 1. The number of methoxy groups -OCH3 is 1. The predicted octanol–water partition coefficient (Wildman–Crippen LogP) is 2.21. The van der Waals surface area contributed by atoms with Gasteiger partial charge in [0.15, 0.2) is 0 Å². The number of hydrogen-bond donors (Lipinski definition) is 0. The van der Waals surface area contributed by atoms with E-state index in [9.17, 15) is 27.7 Å². The van der Waals surface area contributed by atoms with Gasteiger partial charge < -0.3 is 9.30 Å². The highest BCUT2D eigenvalue weighted by Crippen LogP contribution is 2.24. The number of rotatable bonds is 5. The number of thiazole rings is 1. The highest BCUT2D eigenvalue weighted by molar-refractivity contribution is 7.90. The molecule has 12 heteroatoms. The largest absolute Gasteiger partial charge is 0.468 e. The third-order valence-electron chi connectivity index (χ3n) is 3.70. The van der Waals surface area contributed by atoms with E-state index in [4.69, 9.17) is 0 Å². The summed E-state index contributed by atoms with van der Waals surface area (Å²) in [5.74, 6) is -1.26. The van der Waals surface area contributed by atoms with Gasteiger partial charge in [0.05, 0.1) is 27.1 Å². The van der Waals surface area contributed by atoms with Crippen molar-refractivity contribution in [1.82, 2.24) is 4.57 Å². The number of halogens is 1. The lowest BCUT2D eigenvalue weighted by Gasteiger charge is -2.04. The molecule has 2 aromatic carbocycles. The zero-order valence-corrected chi connectivity index (χ0v) is 15.9. The Morgan fingerprint density at radius 1 is 1.29 bits per heavy atom. The smallest absolute Gasteiger partial charge is 0.325 e. The van der Waals surface area contributed by atoms with Crippen molar-refractivity contribution in [3.63, 3.8) is 0 Å². The molecule has 0 saturated carbocycles. The Morgan fingerprint density at radius 2 is 1.96 bits per heavy atom. The number of aromatic nitrogens is 1. The van der Waals surface area contributed by atoms with E-state index in [1.165, 1.54) is 29.9 Å². The van der Waals surface area contributed by atoms with Gasteiger partial charge in [-0.25, -0.2) is 4.39 Å². The van der Waals surface area contributed by atoms with Crippen LogP contribution in [0, 0.1) is 15.9 Å². The van der Waals surface area contributed by atoms with Gasteiger partial charge in [0.25, 0.3) is 15.7 Å². The number of non-ortho nitro benzene ring substituents is 1. The van der Waals surface area contributed by atoms with Crippen LogP contribution in [-0.4, -0.2) is 31.0 Å². The second-order valence-corrected chi connectivity index (χ2v) is 8.09. The van der Waals surface area contributed by atoms with Crippen molar-refractivity contribution in [2.24, 2.45) is 4.40 Å². The lowest BCUT2D eigenvalue weighted by molar-refractivity contribution is -0.384. The SMILES string of the molecule is COC(=O)Cn1/c(=N/S(=O)(=O)c2ccc(F)cc2)sc2cc([N+](=O)[O-])ccc21. The summed E-state index contributed by atoms with van der Waals surface area (Å²) >= 11 is 0.863. The molecule has 3 aromatic rings. The second kappa shape index (κ2) is 7.48. The summed E-state index contributed by atoms with van der Waals surface area (Å²) in [5, 5.41) is 11.0. The van der Waals surface area contributed by atoms with Gasteiger partial charge in [0.2, 0.25) is 4.80 Å². The zero-order valence-electron chi connectivity index (χ0n) is 14.2. The number of carbonyl (C=O) groups is 1. The maximum atomic E-state index is 13.1. The van der Waals surface area contributed by atoms with Crippen molar-refractivity contribution in [2.45, 2.75) is 11.4 Å². The molecule has 9 nitrogen and oxygen atoms in total. The predicted molar refractivity (Wildman–Crippen MR) is 97.6 cm³/mol. The molecule has 0 radical (unpaired) electrons. The van der Waals surface area contributed by atoms with Gasteiger partial charge in [-0.1, -0.05) is 11.3 Å². The molecule has 0 aliphatic carbocycles. The van der Waals surface area contributed by atoms with Crippen molar-refractivity contribution in [3.8, 4) is 0 Å².